The first-order valence-corrected chi connectivity index (χ1v) is 7.25. The zero-order valence-corrected chi connectivity index (χ0v) is 13.3. The van der Waals surface area contributed by atoms with Crippen LogP contribution in [0, 0.1) is 9.52 Å². The molecule has 3 aromatic heterocycles. The van der Waals surface area contributed by atoms with Gasteiger partial charge in [0.05, 0.1) is 11.2 Å². The third-order valence-corrected chi connectivity index (χ3v) is 3.69. The summed E-state index contributed by atoms with van der Waals surface area (Å²) >= 11 is 2.04. The Morgan fingerprint density at radius 1 is 1.13 bits per heavy atom. The van der Waals surface area contributed by atoms with E-state index in [4.69, 9.17) is 0 Å². The van der Waals surface area contributed by atoms with Crippen molar-refractivity contribution in [3.63, 3.8) is 0 Å². The largest absolute Gasteiger partial charge is 0.466 e. The third-order valence-electron chi connectivity index (χ3n) is 2.86. The first-order valence-electron chi connectivity index (χ1n) is 6.17. The lowest BCUT2D eigenvalue weighted by atomic mass is 10.2. The predicted molar refractivity (Wildman–Crippen MR) is 80.4 cm³/mol. The van der Waals surface area contributed by atoms with E-state index < -0.39 is 24.5 Å². The van der Waals surface area contributed by atoms with E-state index in [0.717, 1.165) is 15.3 Å². The Bertz CT molecular complexity index is 865. The second kappa shape index (κ2) is 5.91. The molecule has 10 heteroatoms. The lowest BCUT2D eigenvalue weighted by molar-refractivity contribution is -0.154. The molecule has 0 N–H and O–H groups in total. The van der Waals surface area contributed by atoms with Crippen molar-refractivity contribution in [2.75, 3.05) is 6.61 Å². The Balaban J connectivity index is 1.90. The first-order chi connectivity index (χ1) is 10.8. The van der Waals surface area contributed by atoms with Gasteiger partial charge in [-0.15, -0.1) is 0 Å². The summed E-state index contributed by atoms with van der Waals surface area (Å²) in [5.41, 5.74) is 1.51. The molecule has 0 saturated carbocycles. The van der Waals surface area contributed by atoms with Crippen LogP contribution in [-0.2, 0) is 0 Å². The van der Waals surface area contributed by atoms with Crippen molar-refractivity contribution >= 4 is 28.1 Å². The number of ether oxygens (including phenoxy) is 1. The normalized spacial score (nSPS) is 11.9. The Hall–Kier alpha value is -1.98. The number of halogens is 5. The standard InChI is InChI=1S/C13H7F4IN4O/c14-8-1-7(3-19-12(8)23-4-13(15,16)17)9-2-10-11(18)21-6-22(10)5-20-9/h1-3,5-6H,4H2. The van der Waals surface area contributed by atoms with Crippen LogP contribution in [-0.4, -0.2) is 32.1 Å². The van der Waals surface area contributed by atoms with Crippen LogP contribution in [0.2, 0.25) is 0 Å². The highest BCUT2D eigenvalue weighted by molar-refractivity contribution is 14.1. The van der Waals surface area contributed by atoms with Gasteiger partial charge in [-0.2, -0.15) is 13.2 Å². The van der Waals surface area contributed by atoms with Crippen LogP contribution >= 0.6 is 22.6 Å². The molecule has 0 radical (unpaired) electrons. The van der Waals surface area contributed by atoms with Crippen molar-refractivity contribution in [3.8, 4) is 17.1 Å². The summed E-state index contributed by atoms with van der Waals surface area (Å²) in [5.74, 6) is -1.69. The summed E-state index contributed by atoms with van der Waals surface area (Å²) in [5, 5.41) is 0. The van der Waals surface area contributed by atoms with Crippen molar-refractivity contribution in [3.05, 3.63) is 40.5 Å². The number of hydrogen-bond donors (Lipinski definition) is 0. The zero-order chi connectivity index (χ0) is 16.6. The van der Waals surface area contributed by atoms with Gasteiger partial charge in [-0.05, 0) is 34.7 Å². The molecule has 5 nitrogen and oxygen atoms in total. The molecule has 3 aromatic rings. The highest BCUT2D eigenvalue weighted by Gasteiger charge is 2.29. The average Bonchev–Trinajstić information content (AvgIpc) is 2.86. The molecule has 0 saturated heterocycles. The van der Waals surface area contributed by atoms with E-state index >= 15 is 0 Å². The molecule has 0 aromatic carbocycles. The molecule has 0 bridgehead atoms. The fourth-order valence-corrected chi connectivity index (χ4v) is 2.40. The number of alkyl halides is 3. The van der Waals surface area contributed by atoms with Gasteiger partial charge in [0.25, 0.3) is 5.88 Å². The van der Waals surface area contributed by atoms with Gasteiger partial charge >= 0.3 is 6.18 Å². The molecule has 0 spiro atoms. The Kier molecular flexibility index (Phi) is 4.08. The summed E-state index contributed by atoms with van der Waals surface area (Å²) < 4.78 is 56.8. The fourth-order valence-electron chi connectivity index (χ4n) is 1.84. The van der Waals surface area contributed by atoms with Gasteiger partial charge in [-0.3, -0.25) is 4.40 Å². The van der Waals surface area contributed by atoms with Crippen LogP contribution in [0.5, 0.6) is 5.88 Å². The number of rotatable bonds is 3. The topological polar surface area (TPSA) is 52.3 Å². The molecule has 0 fully saturated rings. The Morgan fingerprint density at radius 2 is 1.87 bits per heavy atom. The second-order valence-electron chi connectivity index (χ2n) is 4.52. The van der Waals surface area contributed by atoms with Gasteiger partial charge in [-0.25, -0.2) is 19.3 Å². The molecule has 0 aliphatic carbocycles. The number of imidazole rings is 1. The van der Waals surface area contributed by atoms with Crippen LogP contribution in [0.1, 0.15) is 0 Å². The number of aromatic nitrogens is 4. The molecule has 0 aliphatic rings. The van der Waals surface area contributed by atoms with E-state index in [9.17, 15) is 17.6 Å². The highest BCUT2D eigenvalue weighted by Crippen LogP contribution is 2.25. The predicted octanol–water partition coefficient (Wildman–Crippen LogP) is 3.48. The zero-order valence-electron chi connectivity index (χ0n) is 11.2. The maximum atomic E-state index is 13.8. The van der Waals surface area contributed by atoms with Crippen molar-refractivity contribution in [1.82, 2.24) is 19.4 Å². The fraction of sp³-hybridized carbons (Fsp3) is 0.154. The van der Waals surface area contributed by atoms with Gasteiger partial charge in [0.15, 0.2) is 12.4 Å². The second-order valence-corrected chi connectivity index (χ2v) is 5.54. The first kappa shape index (κ1) is 15.9. The minimum atomic E-state index is -4.56. The van der Waals surface area contributed by atoms with Crippen LogP contribution in [0.25, 0.3) is 16.8 Å². The van der Waals surface area contributed by atoms with Crippen LogP contribution in [0.15, 0.2) is 31.0 Å². The van der Waals surface area contributed by atoms with E-state index in [1.165, 1.54) is 12.5 Å². The van der Waals surface area contributed by atoms with E-state index in [0.29, 0.717) is 11.3 Å². The maximum Gasteiger partial charge on any atom is 0.422 e. The Morgan fingerprint density at radius 3 is 2.57 bits per heavy atom. The average molecular weight is 438 g/mol. The van der Waals surface area contributed by atoms with E-state index in [-0.39, 0.29) is 0 Å². The van der Waals surface area contributed by atoms with E-state index in [1.807, 2.05) is 22.6 Å². The van der Waals surface area contributed by atoms with Crippen LogP contribution in [0.3, 0.4) is 0 Å². The molecule has 120 valence electrons. The summed E-state index contributed by atoms with van der Waals surface area (Å²) in [6, 6.07) is 2.71. The molecular weight excluding hydrogens is 431 g/mol. The maximum absolute atomic E-state index is 13.8. The van der Waals surface area contributed by atoms with Crippen LogP contribution in [0.4, 0.5) is 17.6 Å². The van der Waals surface area contributed by atoms with Crippen molar-refractivity contribution in [2.24, 2.45) is 0 Å². The van der Waals surface area contributed by atoms with E-state index in [1.54, 1.807) is 16.8 Å². The molecule has 3 heterocycles. The third kappa shape index (κ3) is 3.51. The lowest BCUT2D eigenvalue weighted by Crippen LogP contribution is -2.20. The quantitative estimate of drug-likeness (QED) is 0.465. The molecule has 3 rings (SSSR count). The van der Waals surface area contributed by atoms with Gasteiger partial charge in [0.1, 0.15) is 16.4 Å². The SMILES string of the molecule is Fc1cc(-c2cc3c(I)ncn3cn2)cnc1OCC(F)(F)F. The van der Waals surface area contributed by atoms with Crippen molar-refractivity contribution in [1.29, 1.82) is 0 Å². The number of fused-ring (bicyclic) bond motifs is 1. The molecule has 23 heavy (non-hydrogen) atoms. The molecule has 0 aliphatic heterocycles. The van der Waals surface area contributed by atoms with Crippen LogP contribution < -0.4 is 4.74 Å². The highest BCUT2D eigenvalue weighted by atomic mass is 127. The molecule has 0 unspecified atom stereocenters. The summed E-state index contributed by atoms with van der Waals surface area (Å²) in [4.78, 5) is 11.8. The minimum absolute atomic E-state index is 0.321. The van der Waals surface area contributed by atoms with Gasteiger partial charge in [-0.1, -0.05) is 0 Å². The van der Waals surface area contributed by atoms with Crippen molar-refractivity contribution < 1.29 is 22.3 Å². The van der Waals surface area contributed by atoms with Gasteiger partial charge < -0.3 is 4.74 Å². The summed E-state index contributed by atoms with van der Waals surface area (Å²) in [7, 11) is 0. The molecular formula is C13H7F4IN4O. The molecule has 0 amide bonds. The van der Waals surface area contributed by atoms with Crippen molar-refractivity contribution in [2.45, 2.75) is 6.18 Å². The van der Waals surface area contributed by atoms with Gasteiger partial charge in [0, 0.05) is 11.8 Å². The van der Waals surface area contributed by atoms with Gasteiger partial charge in [0.2, 0.25) is 0 Å². The lowest BCUT2D eigenvalue weighted by Gasteiger charge is -2.09. The summed E-state index contributed by atoms with van der Waals surface area (Å²) in [6.45, 7) is -1.60. The number of hydrogen-bond acceptors (Lipinski definition) is 4. The minimum Gasteiger partial charge on any atom is -0.466 e. The Labute approximate surface area is 140 Å². The summed E-state index contributed by atoms with van der Waals surface area (Å²) in [6.07, 6.45) is -0.262. The smallest absolute Gasteiger partial charge is 0.422 e. The number of pyridine rings is 1. The van der Waals surface area contributed by atoms with E-state index in [2.05, 4.69) is 19.7 Å². The monoisotopic (exact) mass is 438 g/mol. The molecule has 0 atom stereocenters. The number of nitrogens with zero attached hydrogens (tertiary/aromatic N) is 4.